The highest BCUT2D eigenvalue weighted by molar-refractivity contribution is 5.28. The monoisotopic (exact) mass is 359 g/mol. The summed E-state index contributed by atoms with van der Waals surface area (Å²) in [5.41, 5.74) is 4.08. The van der Waals surface area contributed by atoms with E-state index in [9.17, 15) is 0 Å². The van der Waals surface area contributed by atoms with E-state index in [1.165, 1.54) is 16.7 Å². The Balaban J connectivity index is 1.79. The van der Waals surface area contributed by atoms with Gasteiger partial charge in [0.05, 0.1) is 7.11 Å². The molecule has 0 saturated carbocycles. The smallest absolute Gasteiger partial charge is 0.118 e. The van der Waals surface area contributed by atoms with Gasteiger partial charge in [-0.1, -0.05) is 79.7 Å². The van der Waals surface area contributed by atoms with Crippen molar-refractivity contribution >= 4 is 0 Å². The molecule has 2 nitrogen and oxygen atoms in total. The zero-order valence-corrected chi connectivity index (χ0v) is 16.3. The molecule has 0 spiro atoms. The maximum Gasteiger partial charge on any atom is 0.118 e. The van der Waals surface area contributed by atoms with Crippen molar-refractivity contribution in [2.24, 2.45) is 0 Å². The third-order valence-corrected chi connectivity index (χ3v) is 5.08. The van der Waals surface area contributed by atoms with E-state index in [1.807, 2.05) is 0 Å². The predicted octanol–water partition coefficient (Wildman–Crippen LogP) is 5.72. The van der Waals surface area contributed by atoms with Crippen molar-refractivity contribution in [2.75, 3.05) is 7.11 Å². The summed E-state index contributed by atoms with van der Waals surface area (Å²) in [6.45, 7) is 4.21. The predicted molar refractivity (Wildman–Crippen MR) is 113 cm³/mol. The molecule has 0 radical (unpaired) electrons. The molecule has 0 aliphatic carbocycles. The van der Waals surface area contributed by atoms with Gasteiger partial charge in [0.15, 0.2) is 0 Å². The van der Waals surface area contributed by atoms with Crippen LogP contribution in [0.5, 0.6) is 5.75 Å². The van der Waals surface area contributed by atoms with Gasteiger partial charge in [-0.15, -0.1) is 0 Å². The third-order valence-electron chi connectivity index (χ3n) is 5.08. The highest BCUT2D eigenvalue weighted by Gasteiger charge is 2.18. The maximum atomic E-state index is 5.30. The Morgan fingerprint density at radius 1 is 0.704 bits per heavy atom. The normalized spacial score (nSPS) is 12.1. The highest BCUT2D eigenvalue weighted by Crippen LogP contribution is 2.20. The lowest BCUT2D eigenvalue weighted by Crippen LogP contribution is -2.35. The van der Waals surface area contributed by atoms with Crippen LogP contribution in [0.4, 0.5) is 0 Å². The number of methoxy groups -OCH3 is 1. The van der Waals surface area contributed by atoms with Gasteiger partial charge in [-0.3, -0.25) is 4.90 Å². The maximum absolute atomic E-state index is 5.30. The van der Waals surface area contributed by atoms with Gasteiger partial charge in [0.25, 0.3) is 0 Å². The summed E-state index contributed by atoms with van der Waals surface area (Å²) in [4.78, 5) is 2.61. The molecule has 0 bridgehead atoms. The van der Waals surface area contributed by atoms with Crippen molar-refractivity contribution in [3.63, 3.8) is 0 Å². The third kappa shape index (κ3) is 5.70. The SMILES string of the molecule is CC[C@H](Cc1ccc(OC)cc1)N(Cc1ccccc1)Cc1ccccc1. The second kappa shape index (κ2) is 9.94. The Kier molecular flexibility index (Phi) is 7.06. The molecule has 140 valence electrons. The Morgan fingerprint density at radius 3 is 1.67 bits per heavy atom. The molecule has 0 unspecified atom stereocenters. The van der Waals surface area contributed by atoms with Gasteiger partial charge < -0.3 is 4.74 Å². The standard InChI is InChI=1S/C25H29NO/c1-3-24(18-21-14-16-25(27-2)17-15-21)26(19-22-10-6-4-7-11-22)20-23-12-8-5-9-13-23/h4-17,24H,3,18-20H2,1-2H3/t24-/m1/s1. The molecule has 3 rings (SSSR count). The molecular formula is C25H29NO. The summed E-state index contributed by atoms with van der Waals surface area (Å²) in [7, 11) is 1.71. The van der Waals surface area contributed by atoms with E-state index in [4.69, 9.17) is 4.74 Å². The highest BCUT2D eigenvalue weighted by atomic mass is 16.5. The minimum absolute atomic E-state index is 0.485. The number of hydrogen-bond donors (Lipinski definition) is 0. The molecule has 3 aromatic carbocycles. The first-order valence-electron chi connectivity index (χ1n) is 9.73. The average Bonchev–Trinajstić information content (AvgIpc) is 2.73. The summed E-state index contributed by atoms with van der Waals surface area (Å²) in [5, 5.41) is 0. The van der Waals surface area contributed by atoms with Crippen LogP contribution in [-0.4, -0.2) is 18.1 Å². The van der Waals surface area contributed by atoms with Crippen LogP contribution in [0.3, 0.4) is 0 Å². The van der Waals surface area contributed by atoms with Gasteiger partial charge in [-0.2, -0.15) is 0 Å². The second-order valence-electron chi connectivity index (χ2n) is 6.99. The molecule has 0 aliphatic rings. The van der Waals surface area contributed by atoms with Crippen LogP contribution in [-0.2, 0) is 19.5 Å². The number of nitrogens with zero attached hydrogens (tertiary/aromatic N) is 1. The van der Waals surface area contributed by atoms with Crippen LogP contribution in [0.2, 0.25) is 0 Å². The van der Waals surface area contributed by atoms with Crippen LogP contribution in [0, 0.1) is 0 Å². The topological polar surface area (TPSA) is 12.5 Å². The van der Waals surface area contributed by atoms with Crippen LogP contribution >= 0.6 is 0 Å². The molecule has 27 heavy (non-hydrogen) atoms. The summed E-state index contributed by atoms with van der Waals surface area (Å²) in [6.07, 6.45) is 2.16. The van der Waals surface area contributed by atoms with Crippen molar-refractivity contribution < 1.29 is 4.74 Å². The van der Waals surface area contributed by atoms with Crippen molar-refractivity contribution in [2.45, 2.75) is 38.9 Å². The summed E-state index contributed by atoms with van der Waals surface area (Å²) >= 11 is 0. The molecule has 0 amide bonds. The van der Waals surface area contributed by atoms with E-state index >= 15 is 0 Å². The van der Waals surface area contributed by atoms with Gasteiger partial charge in [-0.25, -0.2) is 0 Å². The molecule has 0 saturated heterocycles. The van der Waals surface area contributed by atoms with E-state index in [0.717, 1.165) is 31.7 Å². The zero-order valence-electron chi connectivity index (χ0n) is 16.3. The van der Waals surface area contributed by atoms with E-state index in [-0.39, 0.29) is 0 Å². The average molecular weight is 360 g/mol. The lowest BCUT2D eigenvalue weighted by Gasteiger charge is -2.31. The van der Waals surface area contributed by atoms with Gasteiger partial charge in [-0.05, 0) is 41.7 Å². The van der Waals surface area contributed by atoms with Crippen LogP contribution in [0.15, 0.2) is 84.9 Å². The summed E-state index contributed by atoms with van der Waals surface area (Å²) < 4.78 is 5.30. The van der Waals surface area contributed by atoms with Crippen molar-refractivity contribution in [1.82, 2.24) is 4.90 Å². The van der Waals surface area contributed by atoms with E-state index in [1.54, 1.807) is 7.11 Å². The lowest BCUT2D eigenvalue weighted by atomic mass is 10.0. The Labute approximate surface area is 163 Å². The largest absolute Gasteiger partial charge is 0.497 e. The van der Waals surface area contributed by atoms with Crippen molar-refractivity contribution in [1.29, 1.82) is 0 Å². The van der Waals surface area contributed by atoms with Crippen LogP contribution < -0.4 is 4.74 Å². The van der Waals surface area contributed by atoms with E-state index < -0.39 is 0 Å². The summed E-state index contributed by atoms with van der Waals surface area (Å²) in [6, 6.07) is 30.5. The van der Waals surface area contributed by atoms with Gasteiger partial charge in [0.1, 0.15) is 5.75 Å². The Bertz CT molecular complexity index is 742. The van der Waals surface area contributed by atoms with Gasteiger partial charge in [0.2, 0.25) is 0 Å². The molecule has 2 heteroatoms. The fourth-order valence-electron chi connectivity index (χ4n) is 3.52. The quantitative estimate of drug-likeness (QED) is 0.484. The minimum atomic E-state index is 0.485. The fourth-order valence-corrected chi connectivity index (χ4v) is 3.52. The molecule has 0 fully saturated rings. The van der Waals surface area contributed by atoms with Crippen LogP contribution in [0.25, 0.3) is 0 Å². The molecule has 0 heterocycles. The van der Waals surface area contributed by atoms with Crippen molar-refractivity contribution in [3.8, 4) is 5.75 Å². The van der Waals surface area contributed by atoms with Crippen LogP contribution in [0.1, 0.15) is 30.0 Å². The second-order valence-corrected chi connectivity index (χ2v) is 6.99. The molecule has 0 aromatic heterocycles. The molecule has 0 aliphatic heterocycles. The first-order valence-corrected chi connectivity index (χ1v) is 9.73. The number of rotatable bonds is 9. The molecule has 3 aromatic rings. The van der Waals surface area contributed by atoms with E-state index in [0.29, 0.717) is 6.04 Å². The van der Waals surface area contributed by atoms with Crippen molar-refractivity contribution in [3.05, 3.63) is 102 Å². The van der Waals surface area contributed by atoms with E-state index in [2.05, 4.69) is 96.8 Å². The zero-order chi connectivity index (χ0) is 18.9. The minimum Gasteiger partial charge on any atom is -0.497 e. The van der Waals surface area contributed by atoms with Gasteiger partial charge in [0, 0.05) is 19.1 Å². The lowest BCUT2D eigenvalue weighted by molar-refractivity contribution is 0.171. The Hall–Kier alpha value is -2.58. The summed E-state index contributed by atoms with van der Waals surface area (Å²) in [5.74, 6) is 0.914. The molecule has 1 atom stereocenters. The number of hydrogen-bond acceptors (Lipinski definition) is 2. The first kappa shape index (κ1) is 19.2. The molecular weight excluding hydrogens is 330 g/mol. The molecule has 0 N–H and O–H groups in total. The van der Waals surface area contributed by atoms with Gasteiger partial charge >= 0.3 is 0 Å². The number of ether oxygens (including phenoxy) is 1. The fraction of sp³-hybridized carbons (Fsp3) is 0.280. The number of benzene rings is 3. The Morgan fingerprint density at radius 2 is 1.22 bits per heavy atom. The first-order chi connectivity index (χ1) is 13.3.